The predicted molar refractivity (Wildman–Crippen MR) is 83.0 cm³/mol. The maximum Gasteiger partial charge on any atom is 0.0775 e. The van der Waals surface area contributed by atoms with E-state index in [1.165, 1.54) is 24.8 Å². The van der Waals surface area contributed by atoms with Crippen LogP contribution in [0.5, 0.6) is 0 Å². The zero-order chi connectivity index (χ0) is 13.0. The molecule has 1 atom stereocenters. The zero-order valence-corrected chi connectivity index (χ0v) is 12.9. The summed E-state index contributed by atoms with van der Waals surface area (Å²) >= 11 is 0. The standard InChI is InChI=1S/C16H25NSi/c1-18(2,3)16-11-9-14(10-12-16)13-17-15-7-5-4-6-8-15/h4-5,9-12,15,17H,6-8,13H2,1-3H3. The summed E-state index contributed by atoms with van der Waals surface area (Å²) in [5.41, 5.74) is 1.41. The summed E-state index contributed by atoms with van der Waals surface area (Å²) in [6.45, 7) is 8.20. The molecule has 0 spiro atoms. The molecule has 0 bridgehead atoms. The van der Waals surface area contributed by atoms with E-state index in [-0.39, 0.29) is 0 Å². The van der Waals surface area contributed by atoms with Crippen LogP contribution in [0.3, 0.4) is 0 Å². The molecule has 1 aromatic carbocycles. The monoisotopic (exact) mass is 259 g/mol. The van der Waals surface area contributed by atoms with Gasteiger partial charge in [-0.2, -0.15) is 0 Å². The van der Waals surface area contributed by atoms with Gasteiger partial charge in [0.2, 0.25) is 0 Å². The second-order valence-corrected chi connectivity index (χ2v) is 11.4. The van der Waals surface area contributed by atoms with E-state index in [1.54, 1.807) is 5.19 Å². The van der Waals surface area contributed by atoms with Gasteiger partial charge in [-0.3, -0.25) is 0 Å². The van der Waals surface area contributed by atoms with Gasteiger partial charge in [0, 0.05) is 12.6 Å². The first-order chi connectivity index (χ1) is 8.55. The summed E-state index contributed by atoms with van der Waals surface area (Å²) in [6.07, 6.45) is 8.29. The first-order valence-corrected chi connectivity index (χ1v) is 10.5. The molecule has 98 valence electrons. The Hall–Kier alpha value is -0.863. The van der Waals surface area contributed by atoms with Crippen LogP contribution in [0.2, 0.25) is 19.6 Å². The first-order valence-electron chi connectivity index (χ1n) is 7.03. The van der Waals surface area contributed by atoms with E-state index in [2.05, 4.69) is 61.4 Å². The minimum Gasteiger partial charge on any atom is -0.310 e. The highest BCUT2D eigenvalue weighted by Gasteiger charge is 2.15. The number of benzene rings is 1. The second-order valence-electron chi connectivity index (χ2n) is 6.31. The van der Waals surface area contributed by atoms with Crippen LogP contribution in [0.15, 0.2) is 36.4 Å². The predicted octanol–water partition coefficient (Wildman–Crippen LogP) is 3.43. The third-order valence-electron chi connectivity index (χ3n) is 3.68. The van der Waals surface area contributed by atoms with Crippen LogP contribution in [0.25, 0.3) is 0 Å². The van der Waals surface area contributed by atoms with E-state index in [0.717, 1.165) is 6.54 Å². The van der Waals surface area contributed by atoms with Gasteiger partial charge in [-0.05, 0) is 24.8 Å². The molecule has 2 heteroatoms. The molecule has 2 rings (SSSR count). The molecule has 0 aromatic heterocycles. The van der Waals surface area contributed by atoms with Gasteiger partial charge in [0.15, 0.2) is 0 Å². The number of nitrogens with one attached hydrogen (secondary N) is 1. The van der Waals surface area contributed by atoms with Crippen LogP contribution in [0.1, 0.15) is 24.8 Å². The van der Waals surface area contributed by atoms with Crippen LogP contribution in [-0.4, -0.2) is 14.1 Å². The largest absolute Gasteiger partial charge is 0.310 e. The Bertz CT molecular complexity index is 400. The van der Waals surface area contributed by atoms with Gasteiger partial charge in [0.05, 0.1) is 8.07 Å². The molecule has 1 N–H and O–H groups in total. The van der Waals surface area contributed by atoms with Crippen molar-refractivity contribution < 1.29 is 0 Å². The van der Waals surface area contributed by atoms with Crippen LogP contribution >= 0.6 is 0 Å². The van der Waals surface area contributed by atoms with E-state index in [4.69, 9.17) is 0 Å². The number of rotatable bonds is 4. The third kappa shape index (κ3) is 3.82. The third-order valence-corrected chi connectivity index (χ3v) is 5.75. The fraction of sp³-hybridized carbons (Fsp3) is 0.500. The van der Waals surface area contributed by atoms with Crippen molar-refractivity contribution >= 4 is 13.3 Å². The summed E-state index contributed by atoms with van der Waals surface area (Å²) in [7, 11) is -1.14. The first kappa shape index (κ1) is 13.6. The van der Waals surface area contributed by atoms with Gasteiger partial charge in [0.1, 0.15) is 0 Å². The van der Waals surface area contributed by atoms with Gasteiger partial charge in [-0.15, -0.1) is 0 Å². The lowest BCUT2D eigenvalue weighted by Gasteiger charge is -2.20. The molecule has 0 heterocycles. The minimum atomic E-state index is -1.14. The molecule has 0 saturated heterocycles. The molecule has 0 fully saturated rings. The molecule has 0 aliphatic heterocycles. The van der Waals surface area contributed by atoms with Crippen molar-refractivity contribution in [2.24, 2.45) is 0 Å². The fourth-order valence-electron chi connectivity index (χ4n) is 2.36. The average molecular weight is 259 g/mol. The Morgan fingerprint density at radius 3 is 2.39 bits per heavy atom. The Morgan fingerprint density at radius 2 is 1.83 bits per heavy atom. The molecule has 1 nitrogen and oxygen atoms in total. The Morgan fingerprint density at radius 1 is 1.11 bits per heavy atom. The van der Waals surface area contributed by atoms with E-state index in [0.29, 0.717) is 6.04 Å². The topological polar surface area (TPSA) is 12.0 Å². The summed E-state index contributed by atoms with van der Waals surface area (Å²) in [4.78, 5) is 0. The normalized spacial score (nSPS) is 20.1. The molecule has 18 heavy (non-hydrogen) atoms. The molecule has 1 aromatic rings. The maximum atomic E-state index is 3.66. The molecule has 0 amide bonds. The quantitative estimate of drug-likeness (QED) is 0.645. The SMILES string of the molecule is C[Si](C)(C)c1ccc(CNC2CC=CCC2)cc1. The summed E-state index contributed by atoms with van der Waals surface area (Å²) in [6, 6.07) is 9.90. The summed E-state index contributed by atoms with van der Waals surface area (Å²) < 4.78 is 0. The number of hydrogen-bond donors (Lipinski definition) is 1. The van der Waals surface area contributed by atoms with Crippen molar-refractivity contribution in [2.45, 2.75) is 51.5 Å². The minimum absolute atomic E-state index is 0.673. The lowest BCUT2D eigenvalue weighted by atomic mass is 10.0. The van der Waals surface area contributed by atoms with Gasteiger partial charge < -0.3 is 5.32 Å². The fourth-order valence-corrected chi connectivity index (χ4v) is 3.53. The highest BCUT2D eigenvalue weighted by Crippen LogP contribution is 2.11. The smallest absolute Gasteiger partial charge is 0.0775 e. The summed E-state index contributed by atoms with van der Waals surface area (Å²) in [5, 5.41) is 5.20. The second kappa shape index (κ2) is 5.85. The average Bonchev–Trinajstić information content (AvgIpc) is 2.37. The molecule has 1 aliphatic carbocycles. The van der Waals surface area contributed by atoms with Gasteiger partial charge in [-0.1, -0.05) is 61.2 Å². The van der Waals surface area contributed by atoms with Crippen LogP contribution < -0.4 is 10.5 Å². The van der Waals surface area contributed by atoms with Gasteiger partial charge in [0.25, 0.3) is 0 Å². The van der Waals surface area contributed by atoms with Crippen LogP contribution in [0, 0.1) is 0 Å². The lowest BCUT2D eigenvalue weighted by molar-refractivity contribution is 0.474. The number of allylic oxidation sites excluding steroid dienone is 1. The van der Waals surface area contributed by atoms with Crippen molar-refractivity contribution in [3.05, 3.63) is 42.0 Å². The lowest BCUT2D eigenvalue weighted by Crippen LogP contribution is -2.37. The molecule has 0 radical (unpaired) electrons. The van der Waals surface area contributed by atoms with Gasteiger partial charge in [-0.25, -0.2) is 0 Å². The highest BCUT2D eigenvalue weighted by molar-refractivity contribution is 6.88. The number of hydrogen-bond acceptors (Lipinski definition) is 1. The molecule has 1 aliphatic rings. The Kier molecular flexibility index (Phi) is 4.41. The maximum absolute atomic E-state index is 3.66. The summed E-state index contributed by atoms with van der Waals surface area (Å²) in [5.74, 6) is 0. The van der Waals surface area contributed by atoms with E-state index in [9.17, 15) is 0 Å². The van der Waals surface area contributed by atoms with Crippen molar-refractivity contribution in [1.29, 1.82) is 0 Å². The van der Waals surface area contributed by atoms with E-state index < -0.39 is 8.07 Å². The molecule has 0 saturated carbocycles. The van der Waals surface area contributed by atoms with E-state index in [1.807, 2.05) is 0 Å². The van der Waals surface area contributed by atoms with E-state index >= 15 is 0 Å². The Balaban J connectivity index is 1.88. The van der Waals surface area contributed by atoms with Crippen LogP contribution in [0.4, 0.5) is 0 Å². The van der Waals surface area contributed by atoms with Crippen molar-refractivity contribution in [3.63, 3.8) is 0 Å². The van der Waals surface area contributed by atoms with Crippen molar-refractivity contribution in [3.8, 4) is 0 Å². The van der Waals surface area contributed by atoms with Crippen molar-refractivity contribution in [2.75, 3.05) is 0 Å². The Labute approximate surface area is 112 Å². The zero-order valence-electron chi connectivity index (χ0n) is 11.9. The molecule has 1 unspecified atom stereocenters. The molecular formula is C16H25NSi. The highest BCUT2D eigenvalue weighted by atomic mass is 28.3. The van der Waals surface area contributed by atoms with Crippen LogP contribution in [-0.2, 0) is 6.54 Å². The van der Waals surface area contributed by atoms with Crippen molar-refractivity contribution in [1.82, 2.24) is 5.32 Å². The molecular weight excluding hydrogens is 234 g/mol. The van der Waals surface area contributed by atoms with Gasteiger partial charge >= 0.3 is 0 Å².